The molecule has 0 radical (unpaired) electrons. The molecule has 0 saturated carbocycles. The normalized spacial score (nSPS) is 10.7. The first-order valence-electron chi connectivity index (χ1n) is 4.90. The highest BCUT2D eigenvalue weighted by atomic mass is 79.9. The van der Waals surface area contributed by atoms with Gasteiger partial charge in [-0.15, -0.1) is 0 Å². The third kappa shape index (κ3) is 2.45. The summed E-state index contributed by atoms with van der Waals surface area (Å²) in [6.07, 6.45) is 4.44. The van der Waals surface area contributed by atoms with Gasteiger partial charge in [0.2, 0.25) is 0 Å². The third-order valence-electron chi connectivity index (χ3n) is 2.25. The maximum absolute atomic E-state index is 5.97. The highest BCUT2D eigenvalue weighted by molar-refractivity contribution is 9.10. The molecular weight excluding hydrogens is 289 g/mol. The molecule has 0 spiro atoms. The van der Waals surface area contributed by atoms with E-state index < -0.39 is 0 Å². The van der Waals surface area contributed by atoms with Crippen LogP contribution >= 0.6 is 27.5 Å². The minimum absolute atomic E-state index is 0.593. The fourth-order valence-corrected chi connectivity index (χ4v) is 2.05. The third-order valence-corrected chi connectivity index (χ3v) is 2.90. The molecule has 0 aliphatic heterocycles. The molecule has 0 saturated heterocycles. The van der Waals surface area contributed by atoms with Crippen LogP contribution in [-0.2, 0) is 6.42 Å². The zero-order valence-electron chi connectivity index (χ0n) is 8.53. The van der Waals surface area contributed by atoms with E-state index in [4.69, 9.17) is 17.3 Å². The van der Waals surface area contributed by atoms with Crippen LogP contribution in [0.25, 0.3) is 5.69 Å². The molecule has 5 heteroatoms. The molecule has 2 N–H and O–H groups in total. The van der Waals surface area contributed by atoms with E-state index in [1.54, 1.807) is 6.20 Å². The van der Waals surface area contributed by atoms with Gasteiger partial charge in [-0.2, -0.15) is 5.10 Å². The van der Waals surface area contributed by atoms with E-state index in [1.807, 2.05) is 29.1 Å². The molecule has 1 aromatic carbocycles. The van der Waals surface area contributed by atoms with E-state index in [0.717, 1.165) is 27.2 Å². The van der Waals surface area contributed by atoms with Crippen molar-refractivity contribution in [3.05, 3.63) is 45.7 Å². The van der Waals surface area contributed by atoms with Crippen LogP contribution in [-0.4, -0.2) is 16.3 Å². The van der Waals surface area contributed by atoms with Crippen LogP contribution in [0.1, 0.15) is 5.56 Å². The Balaban J connectivity index is 2.47. The molecule has 1 aromatic heterocycles. The maximum atomic E-state index is 5.97. The number of rotatable bonds is 3. The molecule has 0 amide bonds. The lowest BCUT2D eigenvalue weighted by Gasteiger charge is -2.09. The summed E-state index contributed by atoms with van der Waals surface area (Å²) >= 11 is 9.34. The highest BCUT2D eigenvalue weighted by Crippen LogP contribution is 2.21. The van der Waals surface area contributed by atoms with Crippen molar-refractivity contribution >= 4 is 27.5 Å². The Bertz CT molecular complexity index is 496. The molecule has 0 unspecified atom stereocenters. The number of nitrogens with zero attached hydrogens (tertiary/aromatic N) is 2. The smallest absolute Gasteiger partial charge is 0.0679 e. The lowest BCUT2D eigenvalue weighted by Crippen LogP contribution is -2.07. The molecular formula is C11H11BrClN3. The van der Waals surface area contributed by atoms with Crippen LogP contribution in [0.15, 0.2) is 35.1 Å². The average molecular weight is 301 g/mol. The first-order valence-corrected chi connectivity index (χ1v) is 6.07. The van der Waals surface area contributed by atoms with Gasteiger partial charge in [-0.05, 0) is 52.7 Å². The van der Waals surface area contributed by atoms with E-state index in [1.165, 1.54) is 0 Å². The number of hydrogen-bond acceptors (Lipinski definition) is 2. The van der Waals surface area contributed by atoms with Gasteiger partial charge >= 0.3 is 0 Å². The van der Waals surface area contributed by atoms with E-state index in [2.05, 4.69) is 21.0 Å². The summed E-state index contributed by atoms with van der Waals surface area (Å²) in [7, 11) is 0. The highest BCUT2D eigenvalue weighted by Gasteiger charge is 2.06. The minimum Gasteiger partial charge on any atom is -0.330 e. The molecule has 16 heavy (non-hydrogen) atoms. The van der Waals surface area contributed by atoms with Crippen molar-refractivity contribution in [1.82, 2.24) is 9.78 Å². The van der Waals surface area contributed by atoms with Gasteiger partial charge in [0, 0.05) is 11.2 Å². The molecule has 0 aliphatic rings. The average Bonchev–Trinajstić information content (AvgIpc) is 2.65. The molecule has 0 fully saturated rings. The van der Waals surface area contributed by atoms with Crippen LogP contribution in [0.2, 0.25) is 5.02 Å². The maximum Gasteiger partial charge on any atom is 0.0679 e. The zero-order valence-corrected chi connectivity index (χ0v) is 10.9. The minimum atomic E-state index is 0.593. The first-order chi connectivity index (χ1) is 7.70. The van der Waals surface area contributed by atoms with E-state index in [9.17, 15) is 0 Å². The van der Waals surface area contributed by atoms with E-state index in [0.29, 0.717) is 6.54 Å². The number of nitrogens with two attached hydrogens (primary N) is 1. The predicted octanol–water partition coefficient (Wildman–Crippen LogP) is 2.79. The number of hydrogen-bond donors (Lipinski definition) is 1. The Morgan fingerprint density at radius 3 is 2.88 bits per heavy atom. The Morgan fingerprint density at radius 1 is 1.44 bits per heavy atom. The quantitative estimate of drug-likeness (QED) is 0.947. The van der Waals surface area contributed by atoms with Gasteiger partial charge in [0.15, 0.2) is 0 Å². The van der Waals surface area contributed by atoms with Gasteiger partial charge < -0.3 is 5.73 Å². The van der Waals surface area contributed by atoms with Gasteiger partial charge in [-0.25, -0.2) is 4.68 Å². The molecule has 2 aromatic rings. The second-order valence-corrected chi connectivity index (χ2v) is 4.77. The van der Waals surface area contributed by atoms with Gasteiger partial charge in [0.25, 0.3) is 0 Å². The lowest BCUT2D eigenvalue weighted by atomic mass is 10.1. The second-order valence-electron chi connectivity index (χ2n) is 3.41. The Labute approximate surface area is 107 Å². The summed E-state index contributed by atoms with van der Waals surface area (Å²) in [4.78, 5) is 0. The summed E-state index contributed by atoms with van der Waals surface area (Å²) in [6.45, 7) is 0.593. The van der Waals surface area contributed by atoms with Gasteiger partial charge in [-0.1, -0.05) is 11.6 Å². The number of aromatic nitrogens is 2. The lowest BCUT2D eigenvalue weighted by molar-refractivity contribution is 0.850. The van der Waals surface area contributed by atoms with Gasteiger partial charge in [0.1, 0.15) is 0 Å². The van der Waals surface area contributed by atoms with E-state index in [-0.39, 0.29) is 0 Å². The van der Waals surface area contributed by atoms with Crippen molar-refractivity contribution in [2.24, 2.45) is 5.73 Å². The van der Waals surface area contributed by atoms with Gasteiger partial charge in [-0.3, -0.25) is 0 Å². The van der Waals surface area contributed by atoms with Crippen LogP contribution < -0.4 is 5.73 Å². The van der Waals surface area contributed by atoms with Gasteiger partial charge in [0.05, 0.1) is 16.4 Å². The molecule has 0 aliphatic carbocycles. The number of benzene rings is 1. The first kappa shape index (κ1) is 11.6. The largest absolute Gasteiger partial charge is 0.330 e. The van der Waals surface area contributed by atoms with Crippen molar-refractivity contribution in [1.29, 1.82) is 0 Å². The Kier molecular flexibility index (Phi) is 3.63. The molecule has 2 rings (SSSR count). The van der Waals surface area contributed by atoms with Crippen molar-refractivity contribution in [2.75, 3.05) is 6.54 Å². The monoisotopic (exact) mass is 299 g/mol. The van der Waals surface area contributed by atoms with Crippen LogP contribution in [0.3, 0.4) is 0 Å². The van der Waals surface area contributed by atoms with Crippen LogP contribution in [0.4, 0.5) is 0 Å². The van der Waals surface area contributed by atoms with Crippen LogP contribution in [0, 0.1) is 0 Å². The summed E-state index contributed by atoms with van der Waals surface area (Å²) in [5.41, 5.74) is 7.70. The second kappa shape index (κ2) is 4.99. The molecule has 0 atom stereocenters. The summed E-state index contributed by atoms with van der Waals surface area (Å²) in [6, 6.07) is 5.73. The summed E-state index contributed by atoms with van der Waals surface area (Å²) in [5.74, 6) is 0. The predicted molar refractivity (Wildman–Crippen MR) is 69.0 cm³/mol. The van der Waals surface area contributed by atoms with Crippen molar-refractivity contribution in [3.8, 4) is 5.69 Å². The van der Waals surface area contributed by atoms with Crippen LogP contribution in [0.5, 0.6) is 0 Å². The van der Waals surface area contributed by atoms with E-state index >= 15 is 0 Å². The fraction of sp³-hybridized carbons (Fsp3) is 0.182. The van der Waals surface area contributed by atoms with Crippen molar-refractivity contribution in [3.63, 3.8) is 0 Å². The topological polar surface area (TPSA) is 43.8 Å². The molecule has 84 valence electrons. The number of halogens is 2. The standard InChI is InChI=1S/C11H11BrClN3/c12-9-6-15-16(7-9)11-2-1-10(13)5-8(11)3-4-14/h1-2,5-7H,3-4,14H2. The molecule has 1 heterocycles. The Hall–Kier alpha value is -0.840. The van der Waals surface area contributed by atoms with Crippen molar-refractivity contribution < 1.29 is 0 Å². The molecule has 0 bridgehead atoms. The summed E-state index contributed by atoms with van der Waals surface area (Å²) in [5, 5.41) is 4.97. The summed E-state index contributed by atoms with van der Waals surface area (Å²) < 4.78 is 2.76. The fourth-order valence-electron chi connectivity index (χ4n) is 1.57. The van der Waals surface area contributed by atoms with Crippen molar-refractivity contribution in [2.45, 2.75) is 6.42 Å². The Morgan fingerprint density at radius 2 is 2.25 bits per heavy atom. The zero-order chi connectivity index (χ0) is 11.5. The molecule has 3 nitrogen and oxygen atoms in total. The SMILES string of the molecule is NCCc1cc(Cl)ccc1-n1cc(Br)cn1.